The summed E-state index contributed by atoms with van der Waals surface area (Å²) in [5.74, 6) is -0.240. The van der Waals surface area contributed by atoms with Gasteiger partial charge in [-0.1, -0.05) is 20.8 Å². The molecule has 0 aromatic carbocycles. The molecule has 29 heavy (non-hydrogen) atoms. The van der Waals surface area contributed by atoms with Crippen molar-refractivity contribution in [2.45, 2.75) is 57.9 Å². The molecule has 1 saturated heterocycles. The van der Waals surface area contributed by atoms with Gasteiger partial charge in [0.15, 0.2) is 11.2 Å². The van der Waals surface area contributed by atoms with Crippen LogP contribution in [0.1, 0.15) is 57.2 Å². The van der Waals surface area contributed by atoms with Crippen LogP contribution >= 0.6 is 0 Å². The number of aromatic nitrogens is 3. The van der Waals surface area contributed by atoms with Crippen LogP contribution in [0.25, 0.3) is 11.2 Å². The Labute approximate surface area is 171 Å². The fraction of sp³-hybridized carbons (Fsp3) is 0.619. The van der Waals surface area contributed by atoms with Crippen LogP contribution < -0.4 is 15.6 Å². The van der Waals surface area contributed by atoms with Gasteiger partial charge in [0.1, 0.15) is 12.4 Å². The number of hydrogen-bond donors (Lipinski definition) is 2. The number of rotatable bonds is 3. The third-order valence-electron chi connectivity index (χ3n) is 5.99. The molecule has 2 N–H and O–H groups in total. The van der Waals surface area contributed by atoms with Crippen molar-refractivity contribution >= 4 is 23.0 Å². The van der Waals surface area contributed by atoms with Crippen LogP contribution in [0, 0.1) is 0 Å². The summed E-state index contributed by atoms with van der Waals surface area (Å²) in [6.45, 7) is 7.60. The number of anilines is 1. The molecule has 1 aliphatic heterocycles. The SMILES string of the molecule is CC.C[C@H]1CC2(CCNCC2)c2c1n(CC(=O)O)c1ncc(N(C)C)nc1c2=O. The number of hydrogen-bond acceptors (Lipinski definition) is 6. The number of carboxylic acids is 1. The van der Waals surface area contributed by atoms with Crippen molar-refractivity contribution in [3.8, 4) is 0 Å². The summed E-state index contributed by atoms with van der Waals surface area (Å²) in [5, 5.41) is 12.9. The fourth-order valence-corrected chi connectivity index (χ4v) is 4.89. The second-order valence-electron chi connectivity index (χ2n) is 8.00. The Morgan fingerprint density at radius 3 is 2.59 bits per heavy atom. The predicted octanol–water partition coefficient (Wildman–Crippen LogP) is 2.10. The number of aliphatic carboxylic acids is 1. The van der Waals surface area contributed by atoms with Crippen LogP contribution in [0.3, 0.4) is 0 Å². The van der Waals surface area contributed by atoms with Gasteiger partial charge in [-0.2, -0.15) is 0 Å². The van der Waals surface area contributed by atoms with Crippen molar-refractivity contribution in [2.75, 3.05) is 32.1 Å². The molecule has 1 fully saturated rings. The third kappa shape index (κ3) is 3.50. The topological polar surface area (TPSA) is 100 Å². The van der Waals surface area contributed by atoms with E-state index < -0.39 is 5.97 Å². The molecule has 0 amide bonds. The molecule has 8 heteroatoms. The quantitative estimate of drug-likeness (QED) is 0.812. The van der Waals surface area contributed by atoms with Crippen molar-refractivity contribution in [2.24, 2.45) is 0 Å². The first-order valence-electron chi connectivity index (χ1n) is 10.4. The summed E-state index contributed by atoms with van der Waals surface area (Å²) in [5.41, 5.74) is 1.97. The maximum atomic E-state index is 13.5. The van der Waals surface area contributed by atoms with Gasteiger partial charge in [0.25, 0.3) is 0 Å². The molecule has 2 aromatic rings. The van der Waals surface area contributed by atoms with Gasteiger partial charge in [-0.3, -0.25) is 9.59 Å². The highest BCUT2D eigenvalue weighted by molar-refractivity contribution is 5.77. The lowest BCUT2D eigenvalue weighted by Gasteiger charge is -2.34. The van der Waals surface area contributed by atoms with E-state index in [1.165, 1.54) is 0 Å². The van der Waals surface area contributed by atoms with Gasteiger partial charge in [-0.25, -0.2) is 9.97 Å². The van der Waals surface area contributed by atoms with Crippen molar-refractivity contribution in [1.82, 2.24) is 19.9 Å². The number of pyridine rings is 1. The van der Waals surface area contributed by atoms with Gasteiger partial charge >= 0.3 is 5.97 Å². The van der Waals surface area contributed by atoms with Gasteiger partial charge < -0.3 is 19.9 Å². The average molecular weight is 402 g/mol. The van der Waals surface area contributed by atoms with Crippen LogP contribution in [0.2, 0.25) is 0 Å². The molecule has 0 radical (unpaired) electrons. The average Bonchev–Trinajstić information content (AvgIpc) is 2.98. The van der Waals surface area contributed by atoms with E-state index in [0.29, 0.717) is 11.5 Å². The summed E-state index contributed by atoms with van der Waals surface area (Å²) in [6.07, 6.45) is 4.24. The summed E-state index contributed by atoms with van der Waals surface area (Å²) >= 11 is 0. The van der Waals surface area contributed by atoms with Crippen molar-refractivity contribution in [3.05, 3.63) is 27.7 Å². The Bertz CT molecular complexity index is 976. The lowest BCUT2D eigenvalue weighted by molar-refractivity contribution is -0.137. The van der Waals surface area contributed by atoms with E-state index in [9.17, 15) is 14.7 Å². The highest BCUT2D eigenvalue weighted by Gasteiger charge is 2.47. The van der Waals surface area contributed by atoms with E-state index in [1.54, 1.807) is 15.7 Å². The first-order chi connectivity index (χ1) is 13.8. The minimum absolute atomic E-state index is 0.0795. The molecule has 3 heterocycles. The predicted molar refractivity (Wildman–Crippen MR) is 114 cm³/mol. The van der Waals surface area contributed by atoms with Crippen LogP contribution in [-0.2, 0) is 16.8 Å². The number of carboxylic acid groups (broad SMARTS) is 1. The maximum absolute atomic E-state index is 13.5. The van der Waals surface area contributed by atoms with E-state index in [-0.39, 0.29) is 28.8 Å². The Balaban J connectivity index is 0.00000117. The molecule has 2 aliphatic rings. The number of nitrogens with zero attached hydrogens (tertiary/aromatic N) is 4. The maximum Gasteiger partial charge on any atom is 0.323 e. The number of nitrogens with one attached hydrogen (secondary N) is 1. The molecule has 0 bridgehead atoms. The summed E-state index contributed by atoms with van der Waals surface area (Å²) in [6, 6.07) is 0. The van der Waals surface area contributed by atoms with Crippen LogP contribution in [-0.4, -0.2) is 52.8 Å². The van der Waals surface area contributed by atoms with Crippen LogP contribution in [0.15, 0.2) is 11.0 Å². The van der Waals surface area contributed by atoms with Crippen LogP contribution in [0.5, 0.6) is 0 Å². The van der Waals surface area contributed by atoms with Gasteiger partial charge in [-0.15, -0.1) is 0 Å². The Morgan fingerprint density at radius 1 is 1.34 bits per heavy atom. The number of piperidine rings is 1. The zero-order valence-corrected chi connectivity index (χ0v) is 17.9. The van der Waals surface area contributed by atoms with Crippen molar-refractivity contribution < 1.29 is 9.90 Å². The largest absolute Gasteiger partial charge is 0.480 e. The highest BCUT2D eigenvalue weighted by atomic mass is 16.4. The minimum atomic E-state index is -0.945. The second kappa shape index (κ2) is 8.10. The first kappa shape index (κ1) is 21.2. The monoisotopic (exact) mass is 401 g/mol. The Hall–Kier alpha value is -2.48. The van der Waals surface area contributed by atoms with Crippen molar-refractivity contribution in [1.29, 1.82) is 0 Å². The molecule has 8 nitrogen and oxygen atoms in total. The van der Waals surface area contributed by atoms with E-state index in [2.05, 4.69) is 22.2 Å². The standard InChI is InChI=1S/C19H25N5O3.C2H6/c1-11-8-19(4-6-20-7-5-19)14-16(11)24(10-13(25)26)18-15(17(14)27)22-12(9-21-18)23(2)3;1-2/h9,11,20H,4-8,10H2,1-3H3,(H,25,26);1-2H3/t11-;/m0./s1. The van der Waals surface area contributed by atoms with Crippen molar-refractivity contribution in [3.63, 3.8) is 0 Å². The van der Waals surface area contributed by atoms with Gasteiger partial charge in [0.05, 0.1) is 6.20 Å². The van der Waals surface area contributed by atoms with E-state index in [0.717, 1.165) is 43.6 Å². The summed E-state index contributed by atoms with van der Waals surface area (Å²) in [7, 11) is 3.69. The Morgan fingerprint density at radius 2 is 2.00 bits per heavy atom. The van der Waals surface area contributed by atoms with E-state index in [1.807, 2.05) is 27.9 Å². The minimum Gasteiger partial charge on any atom is -0.480 e. The van der Waals surface area contributed by atoms with Gasteiger partial charge in [0, 0.05) is 30.8 Å². The molecular weight excluding hydrogens is 370 g/mol. The van der Waals surface area contributed by atoms with Crippen LogP contribution in [0.4, 0.5) is 5.82 Å². The smallest absolute Gasteiger partial charge is 0.323 e. The lowest BCUT2D eigenvalue weighted by atomic mass is 9.74. The molecule has 0 saturated carbocycles. The van der Waals surface area contributed by atoms with Gasteiger partial charge in [0.2, 0.25) is 5.43 Å². The van der Waals surface area contributed by atoms with Gasteiger partial charge in [-0.05, 0) is 38.3 Å². The normalized spacial score (nSPS) is 19.6. The molecule has 2 aromatic heterocycles. The Kier molecular flexibility index (Phi) is 5.93. The van der Waals surface area contributed by atoms with E-state index in [4.69, 9.17) is 0 Å². The molecule has 1 spiro atoms. The number of carbonyl (C=O) groups is 1. The first-order valence-corrected chi connectivity index (χ1v) is 10.4. The summed E-state index contributed by atoms with van der Waals surface area (Å²) < 4.78 is 1.71. The molecule has 4 rings (SSSR count). The molecule has 1 atom stereocenters. The third-order valence-corrected chi connectivity index (χ3v) is 5.99. The zero-order valence-electron chi connectivity index (χ0n) is 17.9. The second-order valence-corrected chi connectivity index (χ2v) is 8.00. The number of fused-ring (bicyclic) bond motifs is 3. The fourth-order valence-electron chi connectivity index (χ4n) is 4.89. The molecule has 1 aliphatic carbocycles. The highest BCUT2D eigenvalue weighted by Crippen LogP contribution is 2.49. The van der Waals surface area contributed by atoms with E-state index >= 15 is 0 Å². The summed E-state index contributed by atoms with van der Waals surface area (Å²) in [4.78, 5) is 35.9. The lowest BCUT2D eigenvalue weighted by Crippen LogP contribution is -2.41. The molecular formula is C21H31N5O3. The molecule has 158 valence electrons. The zero-order chi connectivity index (χ0) is 21.3. The molecule has 0 unspecified atom stereocenters.